The standard InChI is InChI=1S/C16H17N3O3S.C2H6/c20-15(22-12-4-3-9-21-10-12)11-23-16-18-8-6-14(19-16)13-5-1-2-7-17-13;1-2/h1-2,5-8,12H,3-4,9-11H2;1-2H3. The van der Waals surface area contributed by atoms with Crippen LogP contribution in [0.4, 0.5) is 0 Å². The average molecular weight is 361 g/mol. The molecule has 1 saturated heterocycles. The highest BCUT2D eigenvalue weighted by atomic mass is 32.2. The molecule has 1 unspecified atom stereocenters. The van der Waals surface area contributed by atoms with Gasteiger partial charge in [0.05, 0.1) is 23.7 Å². The SMILES string of the molecule is CC.O=C(CSc1nccc(-c2ccccn2)n1)OC1CCCOC1. The number of hydrogen-bond acceptors (Lipinski definition) is 7. The van der Waals surface area contributed by atoms with Crippen molar-refractivity contribution in [2.45, 2.75) is 37.9 Å². The van der Waals surface area contributed by atoms with Gasteiger partial charge in [-0.1, -0.05) is 31.7 Å². The third-order valence-corrected chi connectivity index (χ3v) is 4.13. The molecule has 1 fully saturated rings. The minimum absolute atomic E-state index is 0.127. The second-order valence-electron chi connectivity index (χ2n) is 5.06. The summed E-state index contributed by atoms with van der Waals surface area (Å²) in [6, 6.07) is 7.43. The summed E-state index contributed by atoms with van der Waals surface area (Å²) >= 11 is 1.26. The number of nitrogens with zero attached hydrogens (tertiary/aromatic N) is 3. The monoisotopic (exact) mass is 361 g/mol. The summed E-state index contributed by atoms with van der Waals surface area (Å²) in [5.41, 5.74) is 1.51. The lowest BCUT2D eigenvalue weighted by molar-refractivity contribution is -0.151. The summed E-state index contributed by atoms with van der Waals surface area (Å²) in [7, 11) is 0. The van der Waals surface area contributed by atoms with Crippen LogP contribution in [0.15, 0.2) is 41.8 Å². The van der Waals surface area contributed by atoms with Crippen molar-refractivity contribution in [1.29, 1.82) is 0 Å². The number of aromatic nitrogens is 3. The third kappa shape index (κ3) is 6.43. The molecule has 0 spiro atoms. The van der Waals surface area contributed by atoms with Crippen molar-refractivity contribution in [3.05, 3.63) is 36.7 Å². The van der Waals surface area contributed by atoms with Crippen LogP contribution >= 0.6 is 11.8 Å². The molecule has 0 N–H and O–H groups in total. The van der Waals surface area contributed by atoms with Gasteiger partial charge in [-0.05, 0) is 31.0 Å². The van der Waals surface area contributed by atoms with Crippen LogP contribution in [0.25, 0.3) is 11.4 Å². The van der Waals surface area contributed by atoms with Gasteiger partial charge in [-0.3, -0.25) is 9.78 Å². The quantitative estimate of drug-likeness (QED) is 0.459. The molecule has 134 valence electrons. The van der Waals surface area contributed by atoms with Gasteiger partial charge in [0.15, 0.2) is 5.16 Å². The van der Waals surface area contributed by atoms with Crippen molar-refractivity contribution in [1.82, 2.24) is 15.0 Å². The van der Waals surface area contributed by atoms with Gasteiger partial charge in [0.1, 0.15) is 6.10 Å². The maximum atomic E-state index is 11.9. The maximum absolute atomic E-state index is 11.9. The summed E-state index contributed by atoms with van der Waals surface area (Å²) in [4.78, 5) is 24.7. The van der Waals surface area contributed by atoms with Gasteiger partial charge in [0.25, 0.3) is 0 Å². The number of hydrogen-bond donors (Lipinski definition) is 0. The Bertz CT molecular complexity index is 649. The van der Waals surface area contributed by atoms with Crippen molar-refractivity contribution < 1.29 is 14.3 Å². The molecule has 3 heterocycles. The van der Waals surface area contributed by atoms with Crippen LogP contribution in [0.1, 0.15) is 26.7 Å². The lowest BCUT2D eigenvalue weighted by Gasteiger charge is -2.21. The van der Waals surface area contributed by atoms with Gasteiger partial charge in [0, 0.05) is 19.0 Å². The number of carbonyl (C=O) groups excluding carboxylic acids is 1. The first kappa shape index (κ1) is 19.3. The number of esters is 1. The molecule has 25 heavy (non-hydrogen) atoms. The van der Waals surface area contributed by atoms with E-state index < -0.39 is 0 Å². The highest BCUT2D eigenvalue weighted by Crippen LogP contribution is 2.19. The summed E-state index contributed by atoms with van der Waals surface area (Å²) in [5, 5.41) is 0.532. The Hall–Kier alpha value is -1.99. The largest absolute Gasteiger partial charge is 0.459 e. The van der Waals surface area contributed by atoms with Gasteiger partial charge in [-0.15, -0.1) is 0 Å². The first-order valence-electron chi connectivity index (χ1n) is 8.46. The van der Waals surface area contributed by atoms with Crippen LogP contribution in [-0.2, 0) is 14.3 Å². The topological polar surface area (TPSA) is 74.2 Å². The molecule has 0 saturated carbocycles. The summed E-state index contributed by atoms with van der Waals surface area (Å²) in [5.74, 6) is -0.0836. The van der Waals surface area contributed by atoms with E-state index in [1.54, 1.807) is 18.5 Å². The molecule has 6 nitrogen and oxygen atoms in total. The van der Waals surface area contributed by atoms with E-state index in [2.05, 4.69) is 15.0 Å². The fraction of sp³-hybridized carbons (Fsp3) is 0.444. The Kier molecular flexibility index (Phi) is 8.34. The van der Waals surface area contributed by atoms with Crippen LogP contribution < -0.4 is 0 Å². The molecule has 0 amide bonds. The van der Waals surface area contributed by atoms with E-state index in [-0.39, 0.29) is 17.8 Å². The molecule has 0 aromatic carbocycles. The predicted octanol–water partition coefficient (Wildman–Crippen LogP) is 3.38. The van der Waals surface area contributed by atoms with Gasteiger partial charge in [-0.25, -0.2) is 9.97 Å². The van der Waals surface area contributed by atoms with Crippen molar-refractivity contribution in [2.75, 3.05) is 19.0 Å². The van der Waals surface area contributed by atoms with Crippen LogP contribution in [0.5, 0.6) is 0 Å². The van der Waals surface area contributed by atoms with Crippen molar-refractivity contribution in [2.24, 2.45) is 0 Å². The molecule has 2 aromatic heterocycles. The molecule has 2 aromatic rings. The lowest BCUT2D eigenvalue weighted by Crippen LogP contribution is -2.28. The minimum atomic E-state index is -0.266. The van der Waals surface area contributed by atoms with Crippen molar-refractivity contribution in [3.8, 4) is 11.4 Å². The van der Waals surface area contributed by atoms with E-state index >= 15 is 0 Å². The predicted molar refractivity (Wildman–Crippen MR) is 97.3 cm³/mol. The van der Waals surface area contributed by atoms with Crippen LogP contribution in [0, 0.1) is 0 Å². The lowest BCUT2D eigenvalue weighted by atomic mass is 10.2. The second-order valence-corrected chi connectivity index (χ2v) is 6.00. The van der Waals surface area contributed by atoms with E-state index in [0.29, 0.717) is 11.8 Å². The highest BCUT2D eigenvalue weighted by Gasteiger charge is 2.18. The van der Waals surface area contributed by atoms with Gasteiger partial charge >= 0.3 is 5.97 Å². The summed E-state index contributed by atoms with van der Waals surface area (Å²) in [6.45, 7) is 5.24. The zero-order chi connectivity index (χ0) is 17.9. The van der Waals surface area contributed by atoms with E-state index in [9.17, 15) is 4.79 Å². The number of ether oxygens (including phenoxy) is 2. The van der Waals surface area contributed by atoms with Crippen LogP contribution in [-0.4, -0.2) is 46.0 Å². The molecular formula is C18H23N3O3S. The third-order valence-electron chi connectivity index (χ3n) is 3.30. The van der Waals surface area contributed by atoms with Crippen LogP contribution in [0.3, 0.4) is 0 Å². The molecule has 7 heteroatoms. The van der Waals surface area contributed by atoms with Crippen molar-refractivity contribution >= 4 is 17.7 Å². The van der Waals surface area contributed by atoms with E-state index in [4.69, 9.17) is 9.47 Å². The Morgan fingerprint density at radius 3 is 2.84 bits per heavy atom. The fourth-order valence-corrected chi connectivity index (χ4v) is 2.83. The van der Waals surface area contributed by atoms with Gasteiger partial charge < -0.3 is 9.47 Å². The molecule has 3 rings (SSSR count). The molecule has 0 radical (unpaired) electrons. The molecule has 0 bridgehead atoms. The molecule has 1 aliphatic rings. The van der Waals surface area contributed by atoms with E-state index in [1.807, 2.05) is 32.0 Å². The zero-order valence-corrected chi connectivity index (χ0v) is 15.4. The number of rotatable bonds is 5. The maximum Gasteiger partial charge on any atom is 0.316 e. The van der Waals surface area contributed by atoms with Gasteiger partial charge in [-0.2, -0.15) is 0 Å². The smallest absolute Gasteiger partial charge is 0.316 e. The fourth-order valence-electron chi connectivity index (χ4n) is 2.21. The minimum Gasteiger partial charge on any atom is -0.459 e. The van der Waals surface area contributed by atoms with Gasteiger partial charge in [0.2, 0.25) is 0 Å². The van der Waals surface area contributed by atoms with E-state index in [1.165, 1.54) is 11.8 Å². The Balaban J connectivity index is 0.00000109. The highest BCUT2D eigenvalue weighted by molar-refractivity contribution is 7.99. The number of thioether (sulfide) groups is 1. The Labute approximate surface area is 152 Å². The zero-order valence-electron chi connectivity index (χ0n) is 14.6. The first-order chi connectivity index (χ1) is 12.3. The molecular weight excluding hydrogens is 338 g/mol. The molecule has 1 atom stereocenters. The normalized spacial score (nSPS) is 16.5. The number of carbonyl (C=O) groups is 1. The summed E-state index contributed by atoms with van der Waals surface area (Å²) in [6.07, 6.45) is 5.05. The molecule has 1 aliphatic heterocycles. The van der Waals surface area contributed by atoms with Crippen LogP contribution in [0.2, 0.25) is 0 Å². The molecule has 0 aliphatic carbocycles. The first-order valence-corrected chi connectivity index (χ1v) is 9.44. The Morgan fingerprint density at radius 1 is 1.24 bits per heavy atom. The average Bonchev–Trinajstić information content (AvgIpc) is 2.70. The Morgan fingerprint density at radius 2 is 2.12 bits per heavy atom. The van der Waals surface area contributed by atoms with Crippen molar-refractivity contribution in [3.63, 3.8) is 0 Å². The van der Waals surface area contributed by atoms with E-state index in [0.717, 1.165) is 30.8 Å². The number of pyridine rings is 1. The second kappa shape index (κ2) is 10.8. The summed E-state index contributed by atoms with van der Waals surface area (Å²) < 4.78 is 10.7.